The molecule has 1 amide bonds. The van der Waals surface area contributed by atoms with Crippen LogP contribution in [0.4, 0.5) is 0 Å². The minimum Gasteiger partial charge on any atom is -0.358 e. The first-order valence-corrected chi connectivity index (χ1v) is 5.62. The third-order valence-corrected chi connectivity index (χ3v) is 3.00. The van der Waals surface area contributed by atoms with Crippen molar-refractivity contribution in [2.24, 2.45) is 0 Å². The van der Waals surface area contributed by atoms with Crippen molar-refractivity contribution < 1.29 is 4.79 Å². The number of hydrogen-bond donors (Lipinski definition) is 2. The zero-order valence-corrected chi connectivity index (χ0v) is 10.1. The summed E-state index contributed by atoms with van der Waals surface area (Å²) >= 11 is 0. The number of fused-ring (bicyclic) bond motifs is 1. The lowest BCUT2D eigenvalue weighted by molar-refractivity contribution is 0.0959. The predicted molar refractivity (Wildman–Crippen MR) is 70.3 cm³/mol. The zero-order valence-electron chi connectivity index (χ0n) is 10.1. The van der Waals surface area contributed by atoms with Gasteiger partial charge in [0.15, 0.2) is 0 Å². The maximum absolute atomic E-state index is 12.0. The summed E-state index contributed by atoms with van der Waals surface area (Å²) in [7, 11) is 0. The van der Waals surface area contributed by atoms with E-state index in [1.807, 2.05) is 25.1 Å². The second-order valence-corrected chi connectivity index (χ2v) is 4.10. The summed E-state index contributed by atoms with van der Waals surface area (Å²) < 4.78 is 0. The molecule has 0 bridgehead atoms. The number of para-hydroxylation sites is 1. The zero-order chi connectivity index (χ0) is 12.4. The topological polar surface area (TPSA) is 44.9 Å². The molecule has 1 aromatic heterocycles. The van der Waals surface area contributed by atoms with Crippen LogP contribution in [0.3, 0.4) is 0 Å². The lowest BCUT2D eigenvalue weighted by Crippen LogP contribution is -2.23. The van der Waals surface area contributed by atoms with Gasteiger partial charge < -0.3 is 10.3 Å². The minimum absolute atomic E-state index is 0.0725. The lowest BCUT2D eigenvalue weighted by atomic mass is 10.1. The number of amides is 1. The minimum atomic E-state index is -0.0725. The Morgan fingerprint density at radius 2 is 2.24 bits per heavy atom. The normalized spacial score (nSPS) is 10.5. The highest BCUT2D eigenvalue weighted by Gasteiger charge is 2.12. The summed E-state index contributed by atoms with van der Waals surface area (Å²) in [6, 6.07) is 5.76. The number of carbonyl (C=O) groups is 1. The fourth-order valence-corrected chi connectivity index (χ4v) is 1.93. The highest BCUT2D eigenvalue weighted by molar-refractivity contribution is 6.06. The van der Waals surface area contributed by atoms with E-state index >= 15 is 0 Å². The number of benzene rings is 1. The van der Waals surface area contributed by atoms with E-state index in [4.69, 9.17) is 0 Å². The molecule has 2 N–H and O–H groups in total. The first-order valence-electron chi connectivity index (χ1n) is 5.62. The molecule has 1 heterocycles. The van der Waals surface area contributed by atoms with E-state index in [0.717, 1.165) is 16.6 Å². The van der Waals surface area contributed by atoms with Crippen molar-refractivity contribution in [2.45, 2.75) is 13.8 Å². The Morgan fingerprint density at radius 1 is 1.47 bits per heavy atom. The number of aryl methyl sites for hydroxylation is 2. The van der Waals surface area contributed by atoms with Gasteiger partial charge in [-0.2, -0.15) is 0 Å². The highest BCUT2D eigenvalue weighted by Crippen LogP contribution is 2.23. The number of aromatic nitrogens is 1. The van der Waals surface area contributed by atoms with Gasteiger partial charge in [-0.15, -0.1) is 6.58 Å². The summed E-state index contributed by atoms with van der Waals surface area (Å²) in [6.45, 7) is 8.13. The molecule has 0 saturated heterocycles. The smallest absolute Gasteiger partial charge is 0.253 e. The van der Waals surface area contributed by atoms with Gasteiger partial charge in [-0.05, 0) is 25.5 Å². The maximum Gasteiger partial charge on any atom is 0.253 e. The summed E-state index contributed by atoms with van der Waals surface area (Å²) in [5.41, 5.74) is 3.88. The molecule has 0 aliphatic heterocycles. The summed E-state index contributed by atoms with van der Waals surface area (Å²) in [5.74, 6) is -0.0725. The van der Waals surface area contributed by atoms with Crippen molar-refractivity contribution in [1.82, 2.24) is 10.3 Å². The van der Waals surface area contributed by atoms with Crippen LogP contribution >= 0.6 is 0 Å². The Bertz CT molecular complexity index is 581. The van der Waals surface area contributed by atoms with Crippen LogP contribution in [0.1, 0.15) is 21.6 Å². The van der Waals surface area contributed by atoms with Crippen molar-refractivity contribution in [1.29, 1.82) is 0 Å². The number of nitrogens with one attached hydrogen (secondary N) is 2. The number of H-pyrrole nitrogens is 1. The molecular weight excluding hydrogens is 212 g/mol. The van der Waals surface area contributed by atoms with Crippen molar-refractivity contribution in [3.8, 4) is 0 Å². The Morgan fingerprint density at radius 3 is 2.94 bits per heavy atom. The summed E-state index contributed by atoms with van der Waals surface area (Å²) in [5, 5.41) is 3.90. The van der Waals surface area contributed by atoms with Crippen LogP contribution in [0.15, 0.2) is 30.9 Å². The molecule has 88 valence electrons. The number of aromatic amines is 1. The molecule has 3 nitrogen and oxygen atoms in total. The molecule has 0 aliphatic carbocycles. The van der Waals surface area contributed by atoms with E-state index in [0.29, 0.717) is 12.1 Å². The molecule has 2 aromatic rings. The molecule has 0 aliphatic rings. The van der Waals surface area contributed by atoms with Crippen LogP contribution in [0, 0.1) is 13.8 Å². The second-order valence-electron chi connectivity index (χ2n) is 4.10. The first kappa shape index (κ1) is 11.5. The highest BCUT2D eigenvalue weighted by atomic mass is 16.1. The van der Waals surface area contributed by atoms with Gasteiger partial charge in [0.05, 0.1) is 11.1 Å². The Labute approximate surface area is 101 Å². The fraction of sp³-hybridized carbons (Fsp3) is 0.214. The third-order valence-electron chi connectivity index (χ3n) is 3.00. The van der Waals surface area contributed by atoms with Gasteiger partial charge >= 0.3 is 0 Å². The van der Waals surface area contributed by atoms with Gasteiger partial charge in [0.25, 0.3) is 5.91 Å². The van der Waals surface area contributed by atoms with Crippen molar-refractivity contribution in [2.75, 3.05) is 6.54 Å². The molecule has 0 radical (unpaired) electrons. The maximum atomic E-state index is 12.0. The van der Waals surface area contributed by atoms with E-state index in [9.17, 15) is 4.79 Å². The van der Waals surface area contributed by atoms with E-state index < -0.39 is 0 Å². The van der Waals surface area contributed by atoms with E-state index in [1.165, 1.54) is 5.56 Å². The van der Waals surface area contributed by atoms with E-state index in [1.54, 1.807) is 6.08 Å². The molecule has 0 unspecified atom stereocenters. The molecule has 2 rings (SSSR count). The molecule has 3 heteroatoms. The van der Waals surface area contributed by atoms with E-state index in [-0.39, 0.29) is 5.91 Å². The van der Waals surface area contributed by atoms with Crippen LogP contribution < -0.4 is 5.32 Å². The van der Waals surface area contributed by atoms with Crippen LogP contribution in [0.2, 0.25) is 0 Å². The Balaban J connectivity index is 2.51. The quantitative estimate of drug-likeness (QED) is 0.779. The average molecular weight is 228 g/mol. The van der Waals surface area contributed by atoms with Gasteiger partial charge in [-0.3, -0.25) is 4.79 Å². The Kier molecular flexibility index (Phi) is 3.00. The second kappa shape index (κ2) is 4.45. The molecule has 0 fully saturated rings. The van der Waals surface area contributed by atoms with Crippen molar-refractivity contribution >= 4 is 16.8 Å². The number of rotatable bonds is 3. The SMILES string of the molecule is C=CCNC(=O)c1cccc2c(C)c(C)[nH]c12. The molecular formula is C14H16N2O. The summed E-state index contributed by atoms with van der Waals surface area (Å²) in [4.78, 5) is 15.2. The van der Waals surface area contributed by atoms with Gasteiger partial charge in [0, 0.05) is 17.6 Å². The molecule has 0 spiro atoms. The van der Waals surface area contributed by atoms with Crippen LogP contribution in [0.25, 0.3) is 10.9 Å². The van der Waals surface area contributed by atoms with Gasteiger partial charge in [-0.1, -0.05) is 18.2 Å². The third kappa shape index (κ3) is 1.96. The molecule has 0 saturated carbocycles. The molecule has 17 heavy (non-hydrogen) atoms. The van der Waals surface area contributed by atoms with Crippen LogP contribution in [-0.4, -0.2) is 17.4 Å². The van der Waals surface area contributed by atoms with E-state index in [2.05, 4.69) is 23.8 Å². The van der Waals surface area contributed by atoms with Crippen molar-refractivity contribution in [3.63, 3.8) is 0 Å². The molecule has 0 atom stereocenters. The lowest BCUT2D eigenvalue weighted by Gasteiger charge is -2.03. The van der Waals surface area contributed by atoms with Crippen molar-refractivity contribution in [3.05, 3.63) is 47.7 Å². The van der Waals surface area contributed by atoms with Gasteiger partial charge in [0.1, 0.15) is 0 Å². The van der Waals surface area contributed by atoms with Gasteiger partial charge in [0.2, 0.25) is 0 Å². The number of carbonyl (C=O) groups excluding carboxylic acids is 1. The monoisotopic (exact) mass is 228 g/mol. The fourth-order valence-electron chi connectivity index (χ4n) is 1.93. The molecule has 1 aromatic carbocycles. The van der Waals surface area contributed by atoms with Crippen LogP contribution in [0.5, 0.6) is 0 Å². The van der Waals surface area contributed by atoms with Gasteiger partial charge in [-0.25, -0.2) is 0 Å². The Hall–Kier alpha value is -2.03. The summed E-state index contributed by atoms with van der Waals surface area (Å²) in [6.07, 6.45) is 1.67. The standard InChI is InChI=1S/C14H16N2O/c1-4-8-15-14(17)12-7-5-6-11-9(2)10(3)16-13(11)12/h4-7,16H,1,8H2,2-3H3,(H,15,17). The predicted octanol–water partition coefficient (Wildman–Crippen LogP) is 2.70. The van der Waals surface area contributed by atoms with Crippen LogP contribution in [-0.2, 0) is 0 Å². The average Bonchev–Trinajstić information content (AvgIpc) is 2.62. The first-order chi connectivity index (χ1) is 8.15. The largest absolute Gasteiger partial charge is 0.358 e. The number of hydrogen-bond acceptors (Lipinski definition) is 1.